The predicted octanol–water partition coefficient (Wildman–Crippen LogP) is -7.43. The van der Waals surface area contributed by atoms with E-state index in [0.717, 1.165) is 6.92 Å². The highest BCUT2D eigenvalue weighted by Gasteiger charge is 2.37. The Morgan fingerprint density at radius 2 is 0.832 bits per heavy atom. The van der Waals surface area contributed by atoms with Gasteiger partial charge >= 0.3 is 5.97 Å². The van der Waals surface area contributed by atoms with Crippen molar-refractivity contribution in [1.82, 2.24) is 89.1 Å². The van der Waals surface area contributed by atoms with Gasteiger partial charge in [0.05, 0.1) is 31.9 Å². The van der Waals surface area contributed by atoms with E-state index in [0.29, 0.717) is 49.9 Å². The highest BCUT2D eigenvalue weighted by molar-refractivity contribution is 5.99. The number of unbranched alkanes of at least 4 members (excludes halogenated alkanes) is 4. The minimum absolute atomic E-state index is 0.0115. The van der Waals surface area contributed by atoms with E-state index in [-0.39, 0.29) is 109 Å². The van der Waals surface area contributed by atoms with E-state index in [1.165, 1.54) is 32.0 Å². The summed E-state index contributed by atoms with van der Waals surface area (Å²) < 4.78 is 0. The third-order valence-electron chi connectivity index (χ3n) is 16.8. The normalized spacial score (nSPS) is 14.8. The van der Waals surface area contributed by atoms with E-state index in [1.54, 1.807) is 20.8 Å². The molecular formula is C66H116N24O17. The highest BCUT2D eigenvalue weighted by atomic mass is 16.4. The van der Waals surface area contributed by atoms with Crippen LogP contribution in [0.1, 0.15) is 155 Å². The van der Waals surface area contributed by atoms with Crippen molar-refractivity contribution in [2.75, 3.05) is 45.9 Å². The number of carboxylic acids is 1. The number of imidazole rings is 2. The number of hydrogen-bond acceptors (Lipinski definition) is 23. The van der Waals surface area contributed by atoms with Crippen molar-refractivity contribution in [2.45, 2.75) is 229 Å². The lowest BCUT2D eigenvalue weighted by Crippen LogP contribution is -2.60. The Hall–Kier alpha value is -9.97. The first-order chi connectivity index (χ1) is 50.8. The Kier molecular flexibility index (Phi) is 44.6. The number of aliphatic carboxylic acids is 1. The van der Waals surface area contributed by atoms with Crippen LogP contribution in [-0.4, -0.2) is 242 Å². The summed E-state index contributed by atoms with van der Waals surface area (Å²) in [7, 11) is 0. The lowest BCUT2D eigenvalue weighted by molar-refractivity contribution is -0.145. The number of primary amides is 1. The first-order valence-corrected chi connectivity index (χ1v) is 36.0. The van der Waals surface area contributed by atoms with Gasteiger partial charge in [0.2, 0.25) is 76.8 Å². The third kappa shape index (κ3) is 37.2. The molecule has 2 heterocycles. The fourth-order valence-corrected chi connectivity index (χ4v) is 10.7. The molecule has 41 heteroatoms. The second kappa shape index (κ2) is 51.3. The number of aliphatic hydroxyl groups excluding tert-OH is 2. The van der Waals surface area contributed by atoms with Gasteiger partial charge < -0.3 is 129 Å². The van der Waals surface area contributed by atoms with Crippen molar-refractivity contribution in [2.24, 2.45) is 46.2 Å². The lowest BCUT2D eigenvalue weighted by Gasteiger charge is -2.28. The van der Waals surface area contributed by atoms with Gasteiger partial charge in [0.25, 0.3) is 0 Å². The molecule has 2 aromatic rings. The largest absolute Gasteiger partial charge is 0.480 e. The van der Waals surface area contributed by atoms with Crippen molar-refractivity contribution in [3.63, 3.8) is 0 Å². The number of aromatic nitrogens is 4. The number of H-pyrrole nitrogens is 2. The number of aliphatic hydroxyl groups is 2. The van der Waals surface area contributed by atoms with Gasteiger partial charge in [-0.15, -0.1) is 0 Å². The number of nitrogens with two attached hydrogens (primary N) is 6. The molecule has 13 atom stereocenters. The van der Waals surface area contributed by atoms with Crippen LogP contribution in [0.5, 0.6) is 0 Å². The van der Waals surface area contributed by atoms with Crippen LogP contribution in [0.25, 0.3) is 0 Å². The number of carboxylic acid groups (broad SMARTS) is 1. The zero-order valence-corrected chi connectivity index (χ0v) is 61.7. The van der Waals surface area contributed by atoms with Gasteiger partial charge in [-0.3, -0.25) is 67.7 Å². The summed E-state index contributed by atoms with van der Waals surface area (Å²) >= 11 is 0. The SMILES string of the molecule is CC(C)C[C@H](NC(=O)[C@H](C)NC(=O)[C@H](CCCCN)NC(=O)[C@H](CCCNC(=N)N)NC(=O)[C@H](CCCCN)NC(=O)[C@H](CCC(N)=O)NC(=O)[C@H](Cc1cnc[nH]1)NC(=O)CNC(=O)[C@H](CCCCN)NC(=O)[C@H](CO)NC(=O)[C@@H](C)Cc1cnc[nH]1)C(=O)N[C@@H](CCCCN)C(=O)N[C@H](C(=O)O)[C@@H](C)O. The highest BCUT2D eigenvalue weighted by Crippen LogP contribution is 2.14. The molecule has 0 saturated carbocycles. The number of nitrogens with one attached hydrogen (secondary N) is 16. The second-order valence-electron chi connectivity index (χ2n) is 26.5. The quantitative estimate of drug-likeness (QED) is 0.0166. The zero-order chi connectivity index (χ0) is 80.1. The summed E-state index contributed by atoms with van der Waals surface area (Å²) in [6.45, 7) is 6.80. The number of rotatable bonds is 56. The Morgan fingerprint density at radius 3 is 1.23 bits per heavy atom. The van der Waals surface area contributed by atoms with Crippen LogP contribution < -0.4 is 104 Å². The molecule has 41 nitrogen and oxygen atoms in total. The van der Waals surface area contributed by atoms with Gasteiger partial charge in [-0.25, -0.2) is 14.8 Å². The zero-order valence-electron chi connectivity index (χ0n) is 61.7. The molecule has 0 saturated heterocycles. The Morgan fingerprint density at radius 1 is 0.449 bits per heavy atom. The minimum Gasteiger partial charge on any atom is -0.480 e. The van der Waals surface area contributed by atoms with Crippen LogP contribution in [0, 0.1) is 17.2 Å². The Bertz CT molecular complexity index is 3140. The van der Waals surface area contributed by atoms with Crippen LogP contribution in [0.2, 0.25) is 0 Å². The monoisotopic (exact) mass is 1520 g/mol. The van der Waals surface area contributed by atoms with Gasteiger partial charge in [-0.05, 0) is 149 Å². The molecule has 0 unspecified atom stereocenters. The summed E-state index contributed by atoms with van der Waals surface area (Å²) in [4.78, 5) is 205. The second-order valence-corrected chi connectivity index (χ2v) is 26.5. The molecule has 2 aromatic heterocycles. The maximum Gasteiger partial charge on any atom is 0.328 e. The molecular weight excluding hydrogens is 1400 g/mol. The van der Waals surface area contributed by atoms with Gasteiger partial charge in [0.1, 0.15) is 60.4 Å². The van der Waals surface area contributed by atoms with Crippen LogP contribution >= 0.6 is 0 Å². The van der Waals surface area contributed by atoms with Crippen molar-refractivity contribution in [1.29, 1.82) is 5.41 Å². The first-order valence-electron chi connectivity index (χ1n) is 36.0. The topological polar surface area (TPSA) is 693 Å². The van der Waals surface area contributed by atoms with Crippen molar-refractivity contribution in [3.8, 4) is 0 Å². The van der Waals surface area contributed by atoms with E-state index >= 15 is 0 Å². The Labute approximate surface area is 621 Å². The minimum atomic E-state index is -1.71. The summed E-state index contributed by atoms with van der Waals surface area (Å²) in [6.07, 6.45) is 5.56. The van der Waals surface area contributed by atoms with E-state index in [2.05, 4.69) is 89.1 Å². The van der Waals surface area contributed by atoms with E-state index < -0.39 is 193 Å². The van der Waals surface area contributed by atoms with Gasteiger partial charge in [-0.2, -0.15) is 0 Å². The fourth-order valence-electron chi connectivity index (χ4n) is 10.7. The standard InChI is InChI=1S/C66H116N24O17/c1-36(2)27-48(62(103)86-45(18-9-13-25-70)61(102)90-53(39(5)92)65(106)107)88-55(96)38(4)80-57(98)43(16-7-11-23-68)83-59(100)46(19-14-26-76-66(72)73)85-58(99)44(17-8-12-24-69)84-60(101)47(20-21-51(71)93)87-63(104)49(29-41-31-75-35-79-41)81-52(94)32-77-56(97)42(15-6-10-22-67)82-64(105)50(33-91)89-54(95)37(3)28-40-30-74-34-78-40/h30-31,34-39,42-50,53,91-92H,6-29,32-33,67-70H2,1-5H3,(H2,71,93)(H,74,78)(H,75,79)(H,77,97)(H,80,98)(H,81,94)(H,82,105)(H,83,100)(H,84,101)(H,85,99)(H,86,103)(H,87,104)(H,88,96)(H,89,95)(H,90,102)(H,106,107)(H4,72,73,76)/t37-,38-,39+,42-,43-,44-,45-,46-,47-,48-,49-,50-,53-/m0/s1. The number of amides is 13. The number of carbonyl (C=O) groups is 14. The molecule has 2 rings (SSSR count). The van der Waals surface area contributed by atoms with E-state index in [9.17, 15) is 82.4 Å². The predicted molar refractivity (Wildman–Crippen MR) is 389 cm³/mol. The van der Waals surface area contributed by atoms with Gasteiger partial charge in [-0.1, -0.05) is 20.8 Å². The fraction of sp³-hybridized carbons (Fsp3) is 0.682. The number of guanidine groups is 1. The smallest absolute Gasteiger partial charge is 0.328 e. The molecule has 31 N–H and O–H groups in total. The van der Waals surface area contributed by atoms with Crippen molar-refractivity contribution < 1.29 is 82.4 Å². The van der Waals surface area contributed by atoms with Crippen molar-refractivity contribution in [3.05, 3.63) is 36.4 Å². The molecule has 0 aliphatic rings. The molecule has 0 aliphatic heterocycles. The summed E-state index contributed by atoms with van der Waals surface area (Å²) in [6, 6.07) is -16.1. The number of carbonyl (C=O) groups excluding carboxylic acids is 13. The molecule has 0 aromatic carbocycles. The Balaban J connectivity index is 2.46. The van der Waals surface area contributed by atoms with Gasteiger partial charge in [0, 0.05) is 55.5 Å². The summed E-state index contributed by atoms with van der Waals surface area (Å²) in [5, 5.41) is 70.3. The molecule has 0 spiro atoms. The third-order valence-corrected chi connectivity index (χ3v) is 16.8. The number of nitrogens with zero attached hydrogens (tertiary/aromatic N) is 2. The number of hydrogen-bond donors (Lipinski definition) is 25. The number of aromatic amines is 2. The van der Waals surface area contributed by atoms with Crippen LogP contribution in [0.4, 0.5) is 0 Å². The lowest BCUT2D eigenvalue weighted by atomic mass is 10.0. The van der Waals surface area contributed by atoms with Crippen LogP contribution in [0.15, 0.2) is 25.0 Å². The summed E-state index contributed by atoms with van der Waals surface area (Å²) in [5.41, 5.74) is 35.0. The van der Waals surface area contributed by atoms with Gasteiger partial charge in [0.15, 0.2) is 12.0 Å². The molecule has 107 heavy (non-hydrogen) atoms. The average Bonchev–Trinajstić information content (AvgIpc) is 1.07. The van der Waals surface area contributed by atoms with E-state index in [4.69, 9.17) is 39.8 Å². The van der Waals surface area contributed by atoms with Crippen LogP contribution in [0.3, 0.4) is 0 Å². The molecule has 602 valence electrons. The van der Waals surface area contributed by atoms with Crippen molar-refractivity contribution >= 4 is 88.7 Å². The summed E-state index contributed by atoms with van der Waals surface area (Å²) in [5.74, 6) is -14.4. The molecule has 0 fully saturated rings. The first kappa shape index (κ1) is 93.1. The molecule has 0 aliphatic carbocycles. The van der Waals surface area contributed by atoms with E-state index in [1.807, 2.05) is 0 Å². The molecule has 13 amide bonds. The average molecular weight is 1520 g/mol. The van der Waals surface area contributed by atoms with Crippen LogP contribution in [-0.2, 0) is 80.0 Å². The molecule has 0 radical (unpaired) electrons. The maximum absolute atomic E-state index is 14.6. The maximum atomic E-state index is 14.6. The molecule has 0 bridgehead atoms.